The highest BCUT2D eigenvalue weighted by atomic mass is 14.8. The van der Waals surface area contributed by atoms with E-state index in [1.165, 1.54) is 0 Å². The van der Waals surface area contributed by atoms with Crippen LogP contribution in [-0.2, 0) is 0 Å². The summed E-state index contributed by atoms with van der Waals surface area (Å²) in [5.74, 6) is 0.481. The zero-order valence-electron chi connectivity index (χ0n) is 5.12. The van der Waals surface area contributed by atoms with Crippen molar-refractivity contribution in [2.75, 3.05) is 0 Å². The third-order valence-electron chi connectivity index (χ3n) is 1.78. The van der Waals surface area contributed by atoms with Gasteiger partial charge in [0, 0.05) is 12.1 Å². The lowest BCUT2D eigenvalue weighted by atomic mass is 10.0. The molecule has 2 atom stereocenters. The molecule has 0 spiro atoms. The summed E-state index contributed by atoms with van der Waals surface area (Å²) in [6, 6.07) is 0.481. The van der Waals surface area contributed by atoms with E-state index in [9.17, 15) is 0 Å². The fourth-order valence-electron chi connectivity index (χ4n) is 1.27. The standard InChI is InChI=1S/C8H8N/c1-3-7-4-2-6-9-8(7)5-1/h1-3,6-8H,5H2. The number of dihydropyridines is 1. The smallest absolute Gasteiger partial charge is 0.0637 e. The van der Waals surface area contributed by atoms with Crippen molar-refractivity contribution in [1.29, 1.82) is 0 Å². The lowest BCUT2D eigenvalue weighted by Crippen LogP contribution is -2.12. The second kappa shape index (κ2) is 1.83. The number of hydrogen-bond donors (Lipinski definition) is 0. The van der Waals surface area contributed by atoms with Crippen molar-refractivity contribution in [2.24, 2.45) is 10.9 Å². The van der Waals surface area contributed by atoms with Crippen LogP contribution in [0.2, 0.25) is 0 Å². The normalized spacial score (nSPS) is 37.3. The summed E-state index contributed by atoms with van der Waals surface area (Å²) < 4.78 is 0. The van der Waals surface area contributed by atoms with Crippen LogP contribution in [0.5, 0.6) is 0 Å². The van der Waals surface area contributed by atoms with Crippen LogP contribution in [0.3, 0.4) is 0 Å². The molecular formula is C8H8N. The van der Waals surface area contributed by atoms with E-state index < -0.39 is 0 Å². The van der Waals surface area contributed by atoms with Crippen molar-refractivity contribution >= 4 is 6.21 Å². The molecule has 0 aromatic heterocycles. The van der Waals surface area contributed by atoms with Crippen LogP contribution in [0.4, 0.5) is 0 Å². The largest absolute Gasteiger partial charge is 0.289 e. The van der Waals surface area contributed by atoms with Crippen molar-refractivity contribution in [1.82, 2.24) is 0 Å². The molecule has 9 heavy (non-hydrogen) atoms. The number of fused-ring (bicyclic) bond motifs is 1. The number of hydrogen-bond acceptors (Lipinski definition) is 1. The molecule has 1 aliphatic carbocycles. The average molecular weight is 118 g/mol. The molecule has 2 unspecified atom stereocenters. The Hall–Kier alpha value is -0.850. The number of rotatable bonds is 0. The molecule has 1 heteroatoms. The van der Waals surface area contributed by atoms with E-state index in [1.807, 2.05) is 12.3 Å². The Morgan fingerprint density at radius 1 is 1.56 bits per heavy atom. The summed E-state index contributed by atoms with van der Waals surface area (Å²) >= 11 is 0. The van der Waals surface area contributed by atoms with Crippen LogP contribution in [-0.4, -0.2) is 12.3 Å². The van der Waals surface area contributed by atoms with Gasteiger partial charge in [-0.3, -0.25) is 4.99 Å². The Balaban J connectivity index is 2.25. The molecule has 1 aliphatic heterocycles. The zero-order chi connectivity index (χ0) is 6.10. The first-order chi connectivity index (χ1) is 4.47. The van der Waals surface area contributed by atoms with Gasteiger partial charge in [-0.25, -0.2) is 0 Å². The van der Waals surface area contributed by atoms with Crippen LogP contribution < -0.4 is 0 Å². The molecule has 1 heterocycles. The summed E-state index contributed by atoms with van der Waals surface area (Å²) in [5.41, 5.74) is 0. The predicted molar refractivity (Wildman–Crippen MR) is 37.3 cm³/mol. The Morgan fingerprint density at radius 3 is 3.44 bits per heavy atom. The summed E-state index contributed by atoms with van der Waals surface area (Å²) in [6.45, 7) is 0. The molecule has 0 amide bonds. The van der Waals surface area contributed by atoms with Crippen LogP contribution in [0.25, 0.3) is 0 Å². The highest BCUT2D eigenvalue weighted by molar-refractivity contribution is 5.71. The van der Waals surface area contributed by atoms with Gasteiger partial charge in [0.05, 0.1) is 6.04 Å². The van der Waals surface area contributed by atoms with Crippen molar-refractivity contribution in [2.45, 2.75) is 12.5 Å². The van der Waals surface area contributed by atoms with Crippen molar-refractivity contribution in [3.05, 3.63) is 24.3 Å². The van der Waals surface area contributed by atoms with Gasteiger partial charge in [0.1, 0.15) is 0 Å². The SMILES string of the molecule is [C]1=CC=NC2CC=CC12. The average Bonchev–Trinajstić information content (AvgIpc) is 2.33. The van der Waals surface area contributed by atoms with E-state index in [2.05, 4.69) is 23.2 Å². The zero-order valence-corrected chi connectivity index (χ0v) is 5.12. The Bertz CT molecular complexity index is 189. The topological polar surface area (TPSA) is 12.4 Å². The molecule has 2 rings (SSSR count). The first-order valence-electron chi connectivity index (χ1n) is 3.24. The molecular weight excluding hydrogens is 110 g/mol. The van der Waals surface area contributed by atoms with E-state index in [0.29, 0.717) is 12.0 Å². The second-order valence-corrected chi connectivity index (χ2v) is 2.39. The predicted octanol–water partition coefficient (Wildman–Crippen LogP) is 1.37. The molecule has 0 saturated carbocycles. The van der Waals surface area contributed by atoms with Gasteiger partial charge in [-0.2, -0.15) is 0 Å². The molecule has 0 bridgehead atoms. The van der Waals surface area contributed by atoms with Gasteiger partial charge in [0.25, 0.3) is 0 Å². The van der Waals surface area contributed by atoms with Gasteiger partial charge in [-0.15, -0.1) is 0 Å². The van der Waals surface area contributed by atoms with Gasteiger partial charge >= 0.3 is 0 Å². The minimum Gasteiger partial charge on any atom is -0.289 e. The first-order valence-corrected chi connectivity index (χ1v) is 3.24. The Labute approximate surface area is 54.8 Å². The number of aliphatic imine (C=N–C) groups is 1. The lowest BCUT2D eigenvalue weighted by molar-refractivity contribution is 0.613. The third kappa shape index (κ3) is 0.727. The molecule has 2 aliphatic rings. The van der Waals surface area contributed by atoms with Crippen LogP contribution in [0.1, 0.15) is 6.42 Å². The van der Waals surface area contributed by atoms with E-state index >= 15 is 0 Å². The van der Waals surface area contributed by atoms with Crippen molar-refractivity contribution in [3.8, 4) is 0 Å². The van der Waals surface area contributed by atoms with Crippen molar-refractivity contribution in [3.63, 3.8) is 0 Å². The Morgan fingerprint density at radius 2 is 2.56 bits per heavy atom. The molecule has 0 aromatic rings. The fraction of sp³-hybridized carbons (Fsp3) is 0.375. The van der Waals surface area contributed by atoms with E-state index in [4.69, 9.17) is 0 Å². The minimum atomic E-state index is 0.481. The summed E-state index contributed by atoms with van der Waals surface area (Å²) in [5, 5.41) is 0. The molecule has 0 aromatic carbocycles. The van der Waals surface area contributed by atoms with Gasteiger partial charge < -0.3 is 0 Å². The summed E-state index contributed by atoms with van der Waals surface area (Å²) in [6.07, 6.45) is 12.4. The minimum absolute atomic E-state index is 0.481. The van der Waals surface area contributed by atoms with Crippen LogP contribution in [0.15, 0.2) is 23.2 Å². The molecule has 0 N–H and O–H groups in total. The monoisotopic (exact) mass is 118 g/mol. The summed E-state index contributed by atoms with van der Waals surface area (Å²) in [4.78, 5) is 4.29. The Kier molecular flexibility index (Phi) is 1.01. The molecule has 45 valence electrons. The van der Waals surface area contributed by atoms with E-state index in [-0.39, 0.29) is 0 Å². The van der Waals surface area contributed by atoms with Gasteiger partial charge in [-0.1, -0.05) is 12.2 Å². The van der Waals surface area contributed by atoms with Gasteiger partial charge in [0.15, 0.2) is 0 Å². The molecule has 1 radical (unpaired) electrons. The first kappa shape index (κ1) is 4.98. The number of nitrogens with zero attached hydrogens (tertiary/aromatic N) is 1. The van der Waals surface area contributed by atoms with E-state index in [1.54, 1.807) is 0 Å². The fourth-order valence-corrected chi connectivity index (χ4v) is 1.27. The maximum absolute atomic E-state index is 4.29. The maximum atomic E-state index is 4.29. The maximum Gasteiger partial charge on any atom is 0.0637 e. The lowest BCUT2D eigenvalue weighted by Gasteiger charge is -2.11. The van der Waals surface area contributed by atoms with Crippen molar-refractivity contribution < 1.29 is 0 Å². The van der Waals surface area contributed by atoms with Gasteiger partial charge in [0.2, 0.25) is 0 Å². The molecule has 1 nitrogen and oxygen atoms in total. The highest BCUT2D eigenvalue weighted by Crippen LogP contribution is 2.23. The quantitative estimate of drug-likeness (QED) is 0.426. The van der Waals surface area contributed by atoms with E-state index in [0.717, 1.165) is 6.42 Å². The van der Waals surface area contributed by atoms with Crippen LogP contribution in [0, 0.1) is 12.0 Å². The summed E-state index contributed by atoms with van der Waals surface area (Å²) in [7, 11) is 0. The number of allylic oxidation sites excluding steroid dienone is 1. The van der Waals surface area contributed by atoms with Gasteiger partial charge in [-0.05, 0) is 18.6 Å². The highest BCUT2D eigenvalue weighted by Gasteiger charge is 2.20. The third-order valence-corrected chi connectivity index (χ3v) is 1.78. The second-order valence-electron chi connectivity index (χ2n) is 2.39. The molecule has 0 fully saturated rings. The van der Waals surface area contributed by atoms with Crippen LogP contribution >= 0.6 is 0 Å². The molecule has 0 saturated heterocycles.